The standard InChI is InChI=1S/C15H30N2O.ClH/c1-3-12(2)14(16)15(18)17-11-7-6-10-13-8-4-5-9-13;/h12-14H,3-11,16H2,1-2H3,(H,17,18);1H. The number of nitrogens with two attached hydrogens (primary N) is 1. The first-order valence-corrected chi connectivity index (χ1v) is 7.68. The van der Waals surface area contributed by atoms with Crippen molar-refractivity contribution in [3.63, 3.8) is 0 Å². The summed E-state index contributed by atoms with van der Waals surface area (Å²) < 4.78 is 0. The topological polar surface area (TPSA) is 55.1 Å². The van der Waals surface area contributed by atoms with Crippen molar-refractivity contribution in [1.82, 2.24) is 5.32 Å². The molecule has 1 rings (SSSR count). The SMILES string of the molecule is CCC(C)C(N)C(=O)NCCCCC1CCCC1.Cl. The molecule has 3 nitrogen and oxygen atoms in total. The molecular weight excluding hydrogens is 260 g/mol. The molecule has 1 saturated carbocycles. The third-order valence-electron chi connectivity index (χ3n) is 4.37. The second kappa shape index (κ2) is 10.5. The maximum atomic E-state index is 11.7. The van der Waals surface area contributed by atoms with E-state index in [1.54, 1.807) is 0 Å². The van der Waals surface area contributed by atoms with Crippen LogP contribution in [-0.4, -0.2) is 18.5 Å². The van der Waals surface area contributed by atoms with Crippen molar-refractivity contribution in [2.45, 2.75) is 71.3 Å². The summed E-state index contributed by atoms with van der Waals surface area (Å²) >= 11 is 0. The summed E-state index contributed by atoms with van der Waals surface area (Å²) in [6.45, 7) is 4.89. The summed E-state index contributed by atoms with van der Waals surface area (Å²) in [5.74, 6) is 1.25. The van der Waals surface area contributed by atoms with Gasteiger partial charge in [0.05, 0.1) is 6.04 Å². The second-order valence-corrected chi connectivity index (χ2v) is 5.85. The predicted octanol–water partition coefficient (Wildman–Crippen LogP) is 3.26. The highest BCUT2D eigenvalue weighted by molar-refractivity contribution is 5.85. The van der Waals surface area contributed by atoms with Crippen molar-refractivity contribution in [2.75, 3.05) is 6.54 Å². The van der Waals surface area contributed by atoms with Crippen LogP contribution in [0.3, 0.4) is 0 Å². The van der Waals surface area contributed by atoms with Crippen molar-refractivity contribution < 1.29 is 4.79 Å². The van der Waals surface area contributed by atoms with Crippen LogP contribution in [0.2, 0.25) is 0 Å². The maximum absolute atomic E-state index is 11.7. The van der Waals surface area contributed by atoms with Gasteiger partial charge in [0.25, 0.3) is 0 Å². The van der Waals surface area contributed by atoms with Crippen LogP contribution in [0.25, 0.3) is 0 Å². The lowest BCUT2D eigenvalue weighted by Crippen LogP contribution is -2.44. The van der Waals surface area contributed by atoms with Crippen LogP contribution in [0.5, 0.6) is 0 Å². The van der Waals surface area contributed by atoms with E-state index in [2.05, 4.69) is 12.2 Å². The molecule has 4 heteroatoms. The van der Waals surface area contributed by atoms with E-state index in [0.29, 0.717) is 0 Å². The molecule has 0 bridgehead atoms. The zero-order valence-corrected chi connectivity index (χ0v) is 13.3. The van der Waals surface area contributed by atoms with Crippen LogP contribution in [0.4, 0.5) is 0 Å². The molecular formula is C15H31ClN2O. The van der Waals surface area contributed by atoms with E-state index in [1.165, 1.54) is 38.5 Å². The van der Waals surface area contributed by atoms with Gasteiger partial charge in [-0.2, -0.15) is 0 Å². The predicted molar refractivity (Wildman–Crippen MR) is 83.5 cm³/mol. The van der Waals surface area contributed by atoms with Gasteiger partial charge in [-0.1, -0.05) is 58.8 Å². The van der Waals surface area contributed by atoms with Crippen LogP contribution >= 0.6 is 12.4 Å². The zero-order valence-electron chi connectivity index (χ0n) is 12.5. The van der Waals surface area contributed by atoms with Crippen molar-refractivity contribution in [3.8, 4) is 0 Å². The highest BCUT2D eigenvalue weighted by atomic mass is 35.5. The van der Waals surface area contributed by atoms with Crippen LogP contribution in [-0.2, 0) is 4.79 Å². The van der Waals surface area contributed by atoms with Gasteiger partial charge in [0.15, 0.2) is 0 Å². The molecule has 1 aliphatic rings. The molecule has 1 fully saturated rings. The Morgan fingerprint density at radius 2 is 1.95 bits per heavy atom. The number of rotatable bonds is 8. The summed E-state index contributed by atoms with van der Waals surface area (Å²) in [5.41, 5.74) is 5.87. The average Bonchev–Trinajstić information content (AvgIpc) is 2.89. The Morgan fingerprint density at radius 3 is 2.53 bits per heavy atom. The number of amides is 1. The summed E-state index contributed by atoms with van der Waals surface area (Å²) in [6, 6.07) is -0.343. The molecule has 0 aromatic rings. The molecule has 0 radical (unpaired) electrons. The molecule has 114 valence electrons. The van der Waals surface area contributed by atoms with Gasteiger partial charge < -0.3 is 11.1 Å². The molecule has 3 N–H and O–H groups in total. The summed E-state index contributed by atoms with van der Waals surface area (Å²) in [6.07, 6.45) is 10.3. The Morgan fingerprint density at radius 1 is 1.32 bits per heavy atom. The fourth-order valence-corrected chi connectivity index (χ4v) is 2.70. The molecule has 2 atom stereocenters. The van der Waals surface area contributed by atoms with Gasteiger partial charge in [-0.25, -0.2) is 0 Å². The molecule has 1 amide bonds. The molecule has 0 aromatic heterocycles. The minimum Gasteiger partial charge on any atom is -0.355 e. The van der Waals surface area contributed by atoms with E-state index in [9.17, 15) is 4.79 Å². The lowest BCUT2D eigenvalue weighted by atomic mass is 9.99. The first-order valence-electron chi connectivity index (χ1n) is 7.68. The highest BCUT2D eigenvalue weighted by Gasteiger charge is 2.18. The van der Waals surface area contributed by atoms with E-state index in [4.69, 9.17) is 5.73 Å². The third-order valence-corrected chi connectivity index (χ3v) is 4.37. The number of unbranched alkanes of at least 4 members (excludes halogenated alkanes) is 1. The first-order chi connectivity index (χ1) is 8.65. The quantitative estimate of drug-likeness (QED) is 0.674. The molecule has 0 heterocycles. The Kier molecular flexibility index (Phi) is 10.3. The lowest BCUT2D eigenvalue weighted by molar-refractivity contribution is -0.123. The lowest BCUT2D eigenvalue weighted by Gasteiger charge is -2.17. The number of halogens is 1. The number of carbonyl (C=O) groups is 1. The van der Waals surface area contributed by atoms with Crippen LogP contribution in [0, 0.1) is 11.8 Å². The molecule has 0 saturated heterocycles. The van der Waals surface area contributed by atoms with Crippen LogP contribution in [0.1, 0.15) is 65.2 Å². The van der Waals surface area contributed by atoms with Crippen molar-refractivity contribution in [3.05, 3.63) is 0 Å². The Labute approximate surface area is 124 Å². The van der Waals surface area contributed by atoms with Gasteiger partial charge in [0.1, 0.15) is 0 Å². The van der Waals surface area contributed by atoms with E-state index in [-0.39, 0.29) is 30.3 Å². The summed E-state index contributed by atoms with van der Waals surface area (Å²) in [5, 5.41) is 2.96. The largest absolute Gasteiger partial charge is 0.355 e. The molecule has 0 spiro atoms. The van der Waals surface area contributed by atoms with Crippen molar-refractivity contribution in [2.24, 2.45) is 17.6 Å². The first kappa shape index (κ1) is 18.7. The Balaban J connectivity index is 0.00000324. The van der Waals surface area contributed by atoms with Gasteiger partial charge >= 0.3 is 0 Å². The highest BCUT2D eigenvalue weighted by Crippen LogP contribution is 2.28. The second-order valence-electron chi connectivity index (χ2n) is 5.85. The van der Waals surface area contributed by atoms with E-state index in [0.717, 1.165) is 25.3 Å². The monoisotopic (exact) mass is 290 g/mol. The van der Waals surface area contributed by atoms with Gasteiger partial charge in [-0.15, -0.1) is 12.4 Å². The van der Waals surface area contributed by atoms with Gasteiger partial charge in [0, 0.05) is 6.54 Å². The van der Waals surface area contributed by atoms with Crippen molar-refractivity contribution in [1.29, 1.82) is 0 Å². The summed E-state index contributed by atoms with van der Waals surface area (Å²) in [7, 11) is 0. The number of hydrogen-bond donors (Lipinski definition) is 2. The molecule has 0 aliphatic heterocycles. The smallest absolute Gasteiger partial charge is 0.237 e. The Hall–Kier alpha value is -0.280. The fraction of sp³-hybridized carbons (Fsp3) is 0.933. The molecule has 19 heavy (non-hydrogen) atoms. The van der Waals surface area contributed by atoms with E-state index < -0.39 is 0 Å². The maximum Gasteiger partial charge on any atom is 0.237 e. The number of carbonyl (C=O) groups excluding carboxylic acids is 1. The van der Waals surface area contributed by atoms with Gasteiger partial charge in [-0.3, -0.25) is 4.79 Å². The Bertz CT molecular complexity index is 242. The normalized spacial score (nSPS) is 18.7. The van der Waals surface area contributed by atoms with Crippen LogP contribution in [0.15, 0.2) is 0 Å². The van der Waals surface area contributed by atoms with Crippen molar-refractivity contribution >= 4 is 18.3 Å². The average molecular weight is 291 g/mol. The van der Waals surface area contributed by atoms with E-state index >= 15 is 0 Å². The fourth-order valence-electron chi connectivity index (χ4n) is 2.70. The molecule has 2 unspecified atom stereocenters. The molecule has 0 aromatic carbocycles. The van der Waals surface area contributed by atoms with Gasteiger partial charge in [-0.05, 0) is 18.3 Å². The molecule has 1 aliphatic carbocycles. The summed E-state index contributed by atoms with van der Waals surface area (Å²) in [4.78, 5) is 11.7. The van der Waals surface area contributed by atoms with Crippen LogP contribution < -0.4 is 11.1 Å². The number of hydrogen-bond acceptors (Lipinski definition) is 2. The zero-order chi connectivity index (χ0) is 13.4. The van der Waals surface area contributed by atoms with Gasteiger partial charge in [0.2, 0.25) is 5.91 Å². The van der Waals surface area contributed by atoms with E-state index in [1.807, 2.05) is 6.92 Å². The minimum atomic E-state index is -0.343. The third kappa shape index (κ3) is 7.17. The number of nitrogens with one attached hydrogen (secondary N) is 1. The minimum absolute atomic E-state index is 0.